The predicted octanol–water partition coefficient (Wildman–Crippen LogP) is 4.62. The number of aromatic nitrogens is 2. The van der Waals surface area contributed by atoms with Crippen LogP contribution in [0.1, 0.15) is 51.6 Å². The van der Waals surface area contributed by atoms with Gasteiger partial charge in [-0.05, 0) is 44.4 Å². The summed E-state index contributed by atoms with van der Waals surface area (Å²) in [6, 6.07) is 12.4. The maximum Gasteiger partial charge on any atom is 0.318 e. The number of carbonyl (C=O) groups excluding carboxylic acids is 1. The van der Waals surface area contributed by atoms with E-state index in [1.165, 1.54) is 0 Å². The lowest BCUT2D eigenvalue weighted by atomic mass is 10.1. The van der Waals surface area contributed by atoms with E-state index in [2.05, 4.69) is 10.3 Å². The first kappa shape index (κ1) is 25.6. The summed E-state index contributed by atoms with van der Waals surface area (Å²) < 4.78 is 33.8. The highest BCUT2D eigenvalue weighted by Crippen LogP contribution is 2.21. The van der Waals surface area contributed by atoms with Gasteiger partial charge in [0.2, 0.25) is 15.0 Å². The Hall–Kier alpha value is -3.07. The molecule has 1 aromatic carbocycles. The second-order valence-electron chi connectivity index (χ2n) is 9.90. The monoisotopic (exact) mass is 486 g/mol. The van der Waals surface area contributed by atoms with Gasteiger partial charge in [-0.3, -0.25) is 0 Å². The molecule has 0 saturated carbocycles. The van der Waals surface area contributed by atoms with Gasteiger partial charge in [0, 0.05) is 12.1 Å². The van der Waals surface area contributed by atoms with Crippen LogP contribution < -0.4 is 5.32 Å². The molecule has 2 amide bonds. The van der Waals surface area contributed by atoms with Gasteiger partial charge in [0.25, 0.3) is 0 Å². The highest BCUT2D eigenvalue weighted by Gasteiger charge is 2.27. The number of hydrogen-bond acceptors (Lipinski definition) is 5. The fourth-order valence-corrected chi connectivity index (χ4v) is 5.07. The van der Waals surface area contributed by atoms with Crippen LogP contribution in [0.2, 0.25) is 0 Å². The number of rotatable bonds is 9. The number of carbonyl (C=O) groups is 1. The van der Waals surface area contributed by atoms with Crippen molar-refractivity contribution in [1.29, 1.82) is 0 Å². The van der Waals surface area contributed by atoms with E-state index in [9.17, 15) is 13.2 Å². The minimum absolute atomic E-state index is 0.0224. The Morgan fingerprint density at radius 3 is 2.41 bits per heavy atom. The molecule has 0 atom stereocenters. The Bertz CT molecular complexity index is 1180. The van der Waals surface area contributed by atoms with E-state index in [1.54, 1.807) is 46.2 Å². The highest BCUT2D eigenvalue weighted by molar-refractivity contribution is 7.90. The van der Waals surface area contributed by atoms with Crippen LogP contribution in [-0.2, 0) is 35.2 Å². The number of benzene rings is 1. The average Bonchev–Trinajstić information content (AvgIpc) is 3.37. The number of urea groups is 1. The van der Waals surface area contributed by atoms with Crippen molar-refractivity contribution in [2.24, 2.45) is 5.92 Å². The first-order chi connectivity index (χ1) is 15.9. The molecular formula is C25H34N4O4S. The Morgan fingerprint density at radius 1 is 1.12 bits per heavy atom. The molecule has 0 unspecified atom stereocenters. The summed E-state index contributed by atoms with van der Waals surface area (Å²) in [7, 11) is -3.69. The van der Waals surface area contributed by atoms with Crippen LogP contribution in [0.15, 0.2) is 64.5 Å². The molecule has 0 fully saturated rings. The van der Waals surface area contributed by atoms with E-state index >= 15 is 0 Å². The van der Waals surface area contributed by atoms with Gasteiger partial charge >= 0.3 is 6.03 Å². The van der Waals surface area contributed by atoms with Gasteiger partial charge in [0.1, 0.15) is 5.76 Å². The van der Waals surface area contributed by atoms with Crippen molar-refractivity contribution in [2.75, 3.05) is 0 Å². The van der Waals surface area contributed by atoms with Crippen molar-refractivity contribution in [3.05, 3.63) is 71.9 Å². The third kappa shape index (κ3) is 6.96. The summed E-state index contributed by atoms with van der Waals surface area (Å²) in [6.45, 7) is 10.7. The zero-order chi connectivity index (χ0) is 24.9. The minimum Gasteiger partial charge on any atom is -0.467 e. The van der Waals surface area contributed by atoms with Crippen molar-refractivity contribution in [3.63, 3.8) is 0 Å². The second-order valence-corrected chi connectivity index (χ2v) is 11.8. The molecule has 34 heavy (non-hydrogen) atoms. The zero-order valence-corrected chi connectivity index (χ0v) is 21.3. The third-order valence-corrected chi connectivity index (χ3v) is 6.57. The van der Waals surface area contributed by atoms with Crippen LogP contribution in [0, 0.1) is 5.92 Å². The lowest BCUT2D eigenvalue weighted by Crippen LogP contribution is -2.48. The molecule has 0 saturated heterocycles. The molecule has 0 aliphatic carbocycles. The highest BCUT2D eigenvalue weighted by atomic mass is 32.2. The van der Waals surface area contributed by atoms with E-state index in [4.69, 9.17) is 4.42 Å². The number of nitrogens with zero attached hydrogens (tertiary/aromatic N) is 3. The van der Waals surface area contributed by atoms with Crippen LogP contribution in [0.4, 0.5) is 4.79 Å². The van der Waals surface area contributed by atoms with Gasteiger partial charge < -0.3 is 19.2 Å². The Balaban J connectivity index is 1.94. The average molecular weight is 487 g/mol. The predicted molar refractivity (Wildman–Crippen MR) is 131 cm³/mol. The van der Waals surface area contributed by atoms with Gasteiger partial charge in [-0.2, -0.15) is 0 Å². The van der Waals surface area contributed by atoms with E-state index in [0.717, 1.165) is 0 Å². The van der Waals surface area contributed by atoms with Gasteiger partial charge in [-0.1, -0.05) is 44.2 Å². The number of hydrogen-bond donors (Lipinski definition) is 1. The SMILES string of the molecule is CC(C)Cn1c(CN(Cc2ccco2)C(=O)NC(C)(C)C)cnc1S(=O)(=O)Cc1ccccc1. The maximum absolute atomic E-state index is 13.3. The number of furan rings is 1. The molecule has 2 aromatic heterocycles. The minimum atomic E-state index is -3.69. The normalized spacial score (nSPS) is 12.2. The maximum atomic E-state index is 13.3. The number of nitrogens with one attached hydrogen (secondary N) is 1. The van der Waals surface area contributed by atoms with Crippen molar-refractivity contribution in [2.45, 2.75) is 70.7 Å². The van der Waals surface area contributed by atoms with Gasteiger partial charge in [0.05, 0.1) is 37.0 Å². The molecule has 0 spiro atoms. The van der Waals surface area contributed by atoms with Crippen molar-refractivity contribution in [1.82, 2.24) is 19.8 Å². The molecule has 0 aliphatic heterocycles. The molecule has 0 aliphatic rings. The van der Waals surface area contributed by atoms with E-state index in [0.29, 0.717) is 23.6 Å². The van der Waals surface area contributed by atoms with E-state index < -0.39 is 15.4 Å². The van der Waals surface area contributed by atoms with Crippen LogP contribution in [0.3, 0.4) is 0 Å². The van der Waals surface area contributed by atoms with Crippen molar-refractivity contribution in [3.8, 4) is 0 Å². The lowest BCUT2D eigenvalue weighted by Gasteiger charge is -2.28. The molecule has 2 heterocycles. The van der Waals surface area contributed by atoms with Crippen LogP contribution in [0.25, 0.3) is 0 Å². The van der Waals surface area contributed by atoms with Gasteiger partial charge in [0.15, 0.2) is 0 Å². The first-order valence-corrected chi connectivity index (χ1v) is 13.0. The standard InChI is InChI=1S/C25H34N4O4S/c1-19(2)15-29-21(14-26-24(29)34(31,32)18-20-10-7-6-8-11-20)16-28(17-22-12-9-13-33-22)23(30)27-25(3,4)5/h6-14,19H,15-18H2,1-5H3,(H,27,30). The molecule has 8 nitrogen and oxygen atoms in total. The first-order valence-electron chi connectivity index (χ1n) is 11.3. The summed E-state index contributed by atoms with van der Waals surface area (Å²) in [5.41, 5.74) is 0.920. The molecule has 3 aromatic rings. The van der Waals surface area contributed by atoms with E-state index in [1.807, 2.05) is 52.8 Å². The fraction of sp³-hybridized carbons (Fsp3) is 0.440. The third-order valence-electron chi connectivity index (χ3n) is 4.98. The van der Waals surface area contributed by atoms with Gasteiger partial charge in [-0.15, -0.1) is 0 Å². The number of sulfone groups is 1. The Morgan fingerprint density at radius 2 is 1.82 bits per heavy atom. The summed E-state index contributed by atoms with van der Waals surface area (Å²) in [5.74, 6) is 0.680. The topological polar surface area (TPSA) is 97.4 Å². The smallest absolute Gasteiger partial charge is 0.318 e. The molecule has 184 valence electrons. The molecule has 0 radical (unpaired) electrons. The number of amides is 2. The summed E-state index contributed by atoms with van der Waals surface area (Å²) in [4.78, 5) is 19.0. The van der Waals surface area contributed by atoms with E-state index in [-0.39, 0.29) is 35.9 Å². The lowest BCUT2D eigenvalue weighted by molar-refractivity contribution is 0.176. The molecular weight excluding hydrogens is 452 g/mol. The largest absolute Gasteiger partial charge is 0.467 e. The summed E-state index contributed by atoms with van der Waals surface area (Å²) in [6.07, 6.45) is 3.12. The quantitative estimate of drug-likeness (QED) is 0.476. The zero-order valence-electron chi connectivity index (χ0n) is 20.5. The summed E-state index contributed by atoms with van der Waals surface area (Å²) in [5, 5.41) is 3.00. The van der Waals surface area contributed by atoms with Gasteiger partial charge in [-0.25, -0.2) is 18.2 Å². The molecule has 1 N–H and O–H groups in total. The molecule has 9 heteroatoms. The van der Waals surface area contributed by atoms with Crippen LogP contribution in [0.5, 0.6) is 0 Å². The fourth-order valence-electron chi connectivity index (χ4n) is 3.57. The Kier molecular flexibility index (Phi) is 7.86. The molecule has 0 bridgehead atoms. The van der Waals surface area contributed by atoms with Crippen LogP contribution >= 0.6 is 0 Å². The van der Waals surface area contributed by atoms with Crippen LogP contribution in [-0.4, -0.2) is 34.4 Å². The van der Waals surface area contributed by atoms with Crippen molar-refractivity contribution < 1.29 is 17.6 Å². The molecule has 3 rings (SSSR count). The van der Waals surface area contributed by atoms with Crippen molar-refractivity contribution >= 4 is 15.9 Å². The summed E-state index contributed by atoms with van der Waals surface area (Å²) >= 11 is 0. The number of imidazole rings is 1. The Labute approximate surface area is 201 Å². The second kappa shape index (κ2) is 10.5.